The van der Waals surface area contributed by atoms with E-state index in [9.17, 15) is 9.59 Å². The lowest BCUT2D eigenvalue weighted by atomic mass is 10.0. The number of rotatable bonds is 14. The van der Waals surface area contributed by atoms with E-state index in [1.165, 1.54) is 0 Å². The molecule has 0 spiro atoms. The molecule has 2 aromatic carbocycles. The lowest BCUT2D eigenvalue weighted by molar-refractivity contribution is -0.185. The summed E-state index contributed by atoms with van der Waals surface area (Å²) in [4.78, 5) is 25.1. The second kappa shape index (κ2) is 14.3. The molecule has 0 N–H and O–H groups in total. The van der Waals surface area contributed by atoms with Gasteiger partial charge in [0.05, 0.1) is 33.0 Å². The first-order chi connectivity index (χ1) is 15.2. The first kappa shape index (κ1) is 24.5. The van der Waals surface area contributed by atoms with E-state index in [0.717, 1.165) is 11.1 Å². The Balaban J connectivity index is 2.00. The third-order valence-corrected chi connectivity index (χ3v) is 4.33. The minimum Gasteiger partial charge on any atom is -0.466 e. The highest BCUT2D eigenvalue weighted by Crippen LogP contribution is 2.16. The van der Waals surface area contributed by atoms with E-state index in [0.29, 0.717) is 6.61 Å². The Morgan fingerprint density at radius 1 is 0.742 bits per heavy atom. The van der Waals surface area contributed by atoms with Crippen LogP contribution in [-0.2, 0) is 46.5 Å². The van der Waals surface area contributed by atoms with Gasteiger partial charge in [-0.2, -0.15) is 0 Å². The Morgan fingerprint density at radius 3 is 1.81 bits per heavy atom. The standard InChI is InChI=1S/C24H30O7/c1-3-29-23(25)21(17-27-15-19-11-7-5-8-12-19)22(24(26)30-4-2)31-18-28-16-20-13-9-6-10-14-20/h5-14,21-22H,3-4,15-18H2,1-2H3/t21-,22?/m1/s1. The number of hydrogen-bond acceptors (Lipinski definition) is 7. The van der Waals surface area contributed by atoms with Crippen molar-refractivity contribution >= 4 is 11.9 Å². The van der Waals surface area contributed by atoms with Gasteiger partial charge in [-0.3, -0.25) is 4.79 Å². The minimum atomic E-state index is -1.20. The summed E-state index contributed by atoms with van der Waals surface area (Å²) in [5.41, 5.74) is 1.91. The molecule has 0 aromatic heterocycles. The Labute approximate surface area is 183 Å². The fourth-order valence-electron chi connectivity index (χ4n) is 2.83. The molecule has 2 atom stereocenters. The van der Waals surface area contributed by atoms with Crippen molar-refractivity contribution in [2.45, 2.75) is 33.2 Å². The zero-order valence-electron chi connectivity index (χ0n) is 18.0. The molecule has 0 bridgehead atoms. The second-order valence-corrected chi connectivity index (χ2v) is 6.65. The molecule has 7 heteroatoms. The number of carbonyl (C=O) groups is 2. The predicted molar refractivity (Wildman–Crippen MR) is 114 cm³/mol. The minimum absolute atomic E-state index is 0.0596. The molecule has 2 aromatic rings. The maximum atomic E-state index is 12.6. The summed E-state index contributed by atoms with van der Waals surface area (Å²) in [6, 6.07) is 19.1. The molecule has 7 nitrogen and oxygen atoms in total. The van der Waals surface area contributed by atoms with E-state index >= 15 is 0 Å². The van der Waals surface area contributed by atoms with Crippen LogP contribution in [0.4, 0.5) is 0 Å². The summed E-state index contributed by atoms with van der Waals surface area (Å²) >= 11 is 0. The topological polar surface area (TPSA) is 80.3 Å². The number of esters is 2. The van der Waals surface area contributed by atoms with Crippen LogP contribution in [0, 0.1) is 5.92 Å². The van der Waals surface area contributed by atoms with Gasteiger partial charge in [-0.25, -0.2) is 4.79 Å². The molecule has 2 rings (SSSR count). The zero-order valence-corrected chi connectivity index (χ0v) is 18.0. The van der Waals surface area contributed by atoms with E-state index in [4.69, 9.17) is 23.7 Å². The molecule has 168 valence electrons. The maximum Gasteiger partial charge on any atom is 0.336 e. The second-order valence-electron chi connectivity index (χ2n) is 6.65. The van der Waals surface area contributed by atoms with Crippen molar-refractivity contribution in [2.75, 3.05) is 26.6 Å². The molecule has 0 aliphatic rings. The molecule has 1 unspecified atom stereocenters. The van der Waals surface area contributed by atoms with Gasteiger partial charge >= 0.3 is 11.9 Å². The normalized spacial score (nSPS) is 12.7. The molecule has 0 fully saturated rings. The summed E-state index contributed by atoms with van der Waals surface area (Å²) in [5, 5.41) is 0. The van der Waals surface area contributed by atoms with Crippen LogP contribution in [0.1, 0.15) is 25.0 Å². The van der Waals surface area contributed by atoms with Gasteiger partial charge in [0.1, 0.15) is 12.7 Å². The first-order valence-electron chi connectivity index (χ1n) is 10.3. The van der Waals surface area contributed by atoms with Crippen LogP contribution >= 0.6 is 0 Å². The summed E-state index contributed by atoms with van der Waals surface area (Å²) in [7, 11) is 0. The van der Waals surface area contributed by atoms with Crippen molar-refractivity contribution in [1.29, 1.82) is 0 Å². The van der Waals surface area contributed by atoms with Crippen LogP contribution in [0.3, 0.4) is 0 Å². The van der Waals surface area contributed by atoms with E-state index in [2.05, 4.69) is 0 Å². The molecule has 0 saturated heterocycles. The molecular weight excluding hydrogens is 400 g/mol. The van der Waals surface area contributed by atoms with Gasteiger partial charge in [-0.15, -0.1) is 0 Å². The Morgan fingerprint density at radius 2 is 1.26 bits per heavy atom. The predicted octanol–water partition coefficient (Wildman–Crippen LogP) is 3.51. The summed E-state index contributed by atoms with van der Waals surface area (Å²) in [6.45, 7) is 4.07. The van der Waals surface area contributed by atoms with Gasteiger partial charge in [0.25, 0.3) is 0 Å². The fourth-order valence-corrected chi connectivity index (χ4v) is 2.83. The van der Waals surface area contributed by atoms with Crippen molar-refractivity contribution in [2.24, 2.45) is 5.92 Å². The smallest absolute Gasteiger partial charge is 0.336 e. The third kappa shape index (κ3) is 8.88. The van der Waals surface area contributed by atoms with E-state index < -0.39 is 24.0 Å². The largest absolute Gasteiger partial charge is 0.466 e. The van der Waals surface area contributed by atoms with Crippen LogP contribution in [-0.4, -0.2) is 44.7 Å². The highest BCUT2D eigenvalue weighted by Gasteiger charge is 2.37. The molecule has 0 saturated carbocycles. The van der Waals surface area contributed by atoms with E-state index in [1.54, 1.807) is 13.8 Å². The van der Waals surface area contributed by atoms with Gasteiger partial charge in [0.2, 0.25) is 0 Å². The molecule has 0 aliphatic carbocycles. The first-order valence-corrected chi connectivity index (χ1v) is 10.3. The fraction of sp³-hybridized carbons (Fsp3) is 0.417. The Hall–Kier alpha value is -2.74. The third-order valence-electron chi connectivity index (χ3n) is 4.33. The van der Waals surface area contributed by atoms with Gasteiger partial charge < -0.3 is 23.7 Å². The quantitative estimate of drug-likeness (QED) is 0.258. The SMILES string of the molecule is CCOC(=O)C(OCOCc1ccccc1)[C@@H](COCc1ccccc1)C(=O)OCC. The van der Waals surface area contributed by atoms with Crippen LogP contribution in [0.2, 0.25) is 0 Å². The maximum absolute atomic E-state index is 12.6. The number of hydrogen-bond donors (Lipinski definition) is 0. The lowest BCUT2D eigenvalue weighted by Gasteiger charge is -2.24. The van der Waals surface area contributed by atoms with Crippen molar-refractivity contribution in [3.8, 4) is 0 Å². The average molecular weight is 430 g/mol. The summed E-state index contributed by atoms with van der Waals surface area (Å²) in [5.74, 6) is -2.23. The lowest BCUT2D eigenvalue weighted by Crippen LogP contribution is -2.42. The molecule has 31 heavy (non-hydrogen) atoms. The van der Waals surface area contributed by atoms with Crippen molar-refractivity contribution in [1.82, 2.24) is 0 Å². The van der Waals surface area contributed by atoms with Gasteiger partial charge in [-0.1, -0.05) is 60.7 Å². The summed E-state index contributed by atoms with van der Waals surface area (Å²) in [6.07, 6.45) is -1.20. The number of benzene rings is 2. The van der Waals surface area contributed by atoms with Gasteiger partial charge in [0.15, 0.2) is 6.10 Å². The number of carbonyl (C=O) groups excluding carboxylic acids is 2. The van der Waals surface area contributed by atoms with Crippen molar-refractivity contribution < 1.29 is 33.3 Å². The summed E-state index contributed by atoms with van der Waals surface area (Å²) < 4.78 is 27.1. The highest BCUT2D eigenvalue weighted by atomic mass is 16.7. The van der Waals surface area contributed by atoms with Crippen LogP contribution < -0.4 is 0 Å². The molecule has 0 aliphatic heterocycles. The van der Waals surface area contributed by atoms with Crippen LogP contribution in [0.25, 0.3) is 0 Å². The number of ether oxygens (including phenoxy) is 5. The van der Waals surface area contributed by atoms with Crippen molar-refractivity contribution in [3.63, 3.8) is 0 Å². The zero-order chi connectivity index (χ0) is 22.3. The molecule has 0 heterocycles. The van der Waals surface area contributed by atoms with E-state index in [-0.39, 0.29) is 33.2 Å². The van der Waals surface area contributed by atoms with Crippen LogP contribution in [0.15, 0.2) is 60.7 Å². The molecular formula is C24H30O7. The molecule has 0 amide bonds. The highest BCUT2D eigenvalue weighted by molar-refractivity contribution is 5.84. The Bertz CT molecular complexity index is 764. The van der Waals surface area contributed by atoms with Gasteiger partial charge in [-0.05, 0) is 25.0 Å². The van der Waals surface area contributed by atoms with Gasteiger partial charge in [0, 0.05) is 0 Å². The van der Waals surface area contributed by atoms with Crippen molar-refractivity contribution in [3.05, 3.63) is 71.8 Å². The molecule has 0 radical (unpaired) electrons. The van der Waals surface area contributed by atoms with Crippen LogP contribution in [0.5, 0.6) is 0 Å². The Kier molecular flexibility index (Phi) is 11.3. The average Bonchev–Trinajstić information content (AvgIpc) is 2.79. The monoisotopic (exact) mass is 430 g/mol. The van der Waals surface area contributed by atoms with E-state index in [1.807, 2.05) is 60.7 Å².